The second kappa shape index (κ2) is 70.4. The summed E-state index contributed by atoms with van der Waals surface area (Å²) in [6.45, 7) is 6.65. The van der Waals surface area contributed by atoms with Crippen molar-refractivity contribution in [3.05, 3.63) is 24.3 Å². The quantitative estimate of drug-likeness (QED) is 0.0261. The molecule has 0 rings (SSSR count). The highest BCUT2D eigenvalue weighted by atomic mass is 16.6. The highest BCUT2D eigenvalue weighted by Gasteiger charge is 2.20. The van der Waals surface area contributed by atoms with Gasteiger partial charge in [0.05, 0.1) is 0 Å². The fourth-order valence-corrected chi connectivity index (χ4v) is 11.4. The summed E-state index contributed by atoms with van der Waals surface area (Å²) < 4.78 is 17.0. The number of allylic oxidation sites excluding steroid dienone is 4. The van der Waals surface area contributed by atoms with Crippen molar-refractivity contribution in [2.75, 3.05) is 13.2 Å². The molecule has 0 aromatic rings. The van der Waals surface area contributed by atoms with Gasteiger partial charge in [0.1, 0.15) is 13.2 Å². The Hall–Kier alpha value is -2.11. The van der Waals surface area contributed by atoms with Crippen LogP contribution in [0.25, 0.3) is 0 Å². The third-order valence-corrected chi connectivity index (χ3v) is 16.9. The normalized spacial score (nSPS) is 12.1. The lowest BCUT2D eigenvalue weighted by Crippen LogP contribution is -2.30. The maximum atomic E-state index is 12.9. The van der Waals surface area contributed by atoms with E-state index in [2.05, 4.69) is 45.1 Å². The number of ether oxygens (including phenoxy) is 3. The zero-order valence-corrected chi connectivity index (χ0v) is 55.1. The maximum Gasteiger partial charge on any atom is 0.306 e. The van der Waals surface area contributed by atoms with E-state index >= 15 is 0 Å². The van der Waals surface area contributed by atoms with Gasteiger partial charge >= 0.3 is 17.9 Å². The minimum absolute atomic E-state index is 0.0675. The molecule has 1 unspecified atom stereocenters. The molecule has 0 heterocycles. The Morgan fingerprint density at radius 3 is 0.667 bits per heavy atom. The summed E-state index contributed by atoms with van der Waals surface area (Å²) in [7, 11) is 0. The van der Waals surface area contributed by atoms with Crippen molar-refractivity contribution in [3.8, 4) is 0 Å². The summed E-state index contributed by atoms with van der Waals surface area (Å²) in [5.74, 6) is -0.847. The minimum atomic E-state index is -0.771. The molecule has 0 aliphatic carbocycles. The van der Waals surface area contributed by atoms with E-state index in [1.54, 1.807) is 0 Å². The Morgan fingerprint density at radius 1 is 0.235 bits per heavy atom. The Bertz CT molecular complexity index is 1310. The van der Waals surface area contributed by atoms with Crippen LogP contribution in [0.5, 0.6) is 0 Å². The van der Waals surface area contributed by atoms with E-state index in [-0.39, 0.29) is 31.1 Å². The van der Waals surface area contributed by atoms with Gasteiger partial charge in [-0.2, -0.15) is 0 Å². The summed E-state index contributed by atoms with van der Waals surface area (Å²) >= 11 is 0. The lowest BCUT2D eigenvalue weighted by Gasteiger charge is -2.18. The molecule has 0 aromatic heterocycles. The standard InChI is InChI=1S/C75H142O6/c1-4-7-10-13-16-19-22-24-26-28-30-32-34-35-36-37-38-39-40-41-42-44-45-47-49-51-53-56-59-62-65-68-74(77)80-71-72(70-79-73(76)67-64-61-58-55-21-18-15-12-9-6-3)81-75(78)69-66-63-60-57-54-52-50-48-46-43-33-31-29-27-25-23-20-17-14-11-8-5-2/h12,15,28,30,72H,4-11,13-14,16-27,29,31-71H2,1-3H3/b15-12-,30-28-. The summed E-state index contributed by atoms with van der Waals surface area (Å²) in [6.07, 6.45) is 86.7. The second-order valence-corrected chi connectivity index (χ2v) is 25.2. The Morgan fingerprint density at radius 2 is 0.432 bits per heavy atom. The summed E-state index contributed by atoms with van der Waals surface area (Å²) in [5, 5.41) is 0. The van der Waals surface area contributed by atoms with Gasteiger partial charge in [-0.3, -0.25) is 14.4 Å². The van der Waals surface area contributed by atoms with Crippen LogP contribution in [0.3, 0.4) is 0 Å². The van der Waals surface area contributed by atoms with E-state index in [4.69, 9.17) is 14.2 Å². The molecular weight excluding hydrogens is 997 g/mol. The molecule has 0 saturated heterocycles. The van der Waals surface area contributed by atoms with Crippen molar-refractivity contribution in [2.45, 2.75) is 425 Å². The van der Waals surface area contributed by atoms with Gasteiger partial charge in [0.15, 0.2) is 6.10 Å². The van der Waals surface area contributed by atoms with Crippen molar-refractivity contribution in [1.29, 1.82) is 0 Å². The molecular formula is C75H142O6. The summed E-state index contributed by atoms with van der Waals surface area (Å²) in [5.41, 5.74) is 0. The largest absolute Gasteiger partial charge is 0.462 e. The molecule has 0 radical (unpaired) electrons. The zero-order chi connectivity index (χ0) is 58.5. The predicted octanol–water partition coefficient (Wildman–Crippen LogP) is 25.3. The van der Waals surface area contributed by atoms with Gasteiger partial charge < -0.3 is 14.2 Å². The Kier molecular flexibility index (Phi) is 68.5. The van der Waals surface area contributed by atoms with Crippen molar-refractivity contribution >= 4 is 17.9 Å². The van der Waals surface area contributed by atoms with Crippen LogP contribution in [0.2, 0.25) is 0 Å². The molecule has 6 nitrogen and oxygen atoms in total. The number of unbranched alkanes of at least 4 members (excludes halogenated alkanes) is 54. The molecule has 0 fully saturated rings. The number of hydrogen-bond donors (Lipinski definition) is 0. The molecule has 1 atom stereocenters. The first-order valence-electron chi connectivity index (χ1n) is 36.8. The first-order valence-corrected chi connectivity index (χ1v) is 36.8. The van der Waals surface area contributed by atoms with Crippen LogP contribution in [-0.4, -0.2) is 37.2 Å². The molecule has 0 aromatic carbocycles. The van der Waals surface area contributed by atoms with Crippen LogP contribution in [0.4, 0.5) is 0 Å². The highest BCUT2D eigenvalue weighted by molar-refractivity contribution is 5.71. The van der Waals surface area contributed by atoms with Crippen LogP contribution >= 0.6 is 0 Å². The van der Waals surface area contributed by atoms with Gasteiger partial charge in [-0.1, -0.05) is 360 Å². The zero-order valence-electron chi connectivity index (χ0n) is 55.1. The van der Waals surface area contributed by atoms with Crippen LogP contribution in [0.15, 0.2) is 24.3 Å². The summed E-state index contributed by atoms with van der Waals surface area (Å²) in [4.78, 5) is 38.3. The van der Waals surface area contributed by atoms with Crippen LogP contribution < -0.4 is 0 Å². The van der Waals surface area contributed by atoms with Crippen LogP contribution in [0, 0.1) is 0 Å². The molecule has 0 spiro atoms. The van der Waals surface area contributed by atoms with Crippen LogP contribution in [0.1, 0.15) is 419 Å². The molecule has 0 amide bonds. The van der Waals surface area contributed by atoms with E-state index in [9.17, 15) is 14.4 Å². The van der Waals surface area contributed by atoms with Crippen molar-refractivity contribution in [3.63, 3.8) is 0 Å². The first-order chi connectivity index (χ1) is 40.0. The number of rotatable bonds is 69. The lowest BCUT2D eigenvalue weighted by molar-refractivity contribution is -0.167. The van der Waals surface area contributed by atoms with Crippen molar-refractivity contribution in [1.82, 2.24) is 0 Å². The summed E-state index contributed by atoms with van der Waals surface area (Å²) in [6, 6.07) is 0. The van der Waals surface area contributed by atoms with Gasteiger partial charge in [-0.25, -0.2) is 0 Å². The monoisotopic (exact) mass is 1140 g/mol. The van der Waals surface area contributed by atoms with E-state index in [0.717, 1.165) is 70.6 Å². The van der Waals surface area contributed by atoms with E-state index < -0.39 is 6.10 Å². The molecule has 0 bridgehead atoms. The Labute approximate surface area is 506 Å². The SMILES string of the molecule is CCC/C=C\CCCCCCCC(=O)OCC(COC(=O)CCCCCCCCCCCCCCCCCCCCC/C=C\CCCCCCCCCC)OC(=O)CCCCCCCCCCCCCCCCCCCCCCCC. The number of carbonyl (C=O) groups is 3. The Balaban J connectivity index is 4.07. The molecule has 6 heteroatoms. The molecule has 478 valence electrons. The third kappa shape index (κ3) is 68.6. The van der Waals surface area contributed by atoms with Crippen molar-refractivity contribution < 1.29 is 28.6 Å². The second-order valence-electron chi connectivity index (χ2n) is 25.2. The molecule has 0 aliphatic heterocycles. The highest BCUT2D eigenvalue weighted by Crippen LogP contribution is 2.19. The van der Waals surface area contributed by atoms with Gasteiger partial charge in [0, 0.05) is 19.3 Å². The average Bonchev–Trinajstić information content (AvgIpc) is 3.47. The molecule has 0 N–H and O–H groups in total. The van der Waals surface area contributed by atoms with Gasteiger partial charge in [0.2, 0.25) is 0 Å². The lowest BCUT2D eigenvalue weighted by atomic mass is 10.0. The fraction of sp³-hybridized carbons (Fsp3) is 0.907. The number of hydrogen-bond acceptors (Lipinski definition) is 6. The van der Waals surface area contributed by atoms with E-state index in [0.29, 0.717) is 19.3 Å². The molecule has 0 saturated carbocycles. The van der Waals surface area contributed by atoms with E-state index in [1.165, 1.54) is 308 Å². The average molecular weight is 1140 g/mol. The van der Waals surface area contributed by atoms with Gasteiger partial charge in [-0.15, -0.1) is 0 Å². The number of esters is 3. The molecule has 0 aliphatic rings. The minimum Gasteiger partial charge on any atom is -0.462 e. The first kappa shape index (κ1) is 78.9. The van der Waals surface area contributed by atoms with Crippen LogP contribution in [-0.2, 0) is 28.6 Å². The maximum absolute atomic E-state index is 12.9. The molecule has 81 heavy (non-hydrogen) atoms. The fourth-order valence-electron chi connectivity index (χ4n) is 11.4. The smallest absolute Gasteiger partial charge is 0.306 e. The predicted molar refractivity (Wildman–Crippen MR) is 353 cm³/mol. The topological polar surface area (TPSA) is 78.9 Å². The van der Waals surface area contributed by atoms with Gasteiger partial charge in [-0.05, 0) is 64.2 Å². The van der Waals surface area contributed by atoms with E-state index in [1.807, 2.05) is 0 Å². The number of carbonyl (C=O) groups excluding carboxylic acids is 3. The van der Waals surface area contributed by atoms with Crippen molar-refractivity contribution in [2.24, 2.45) is 0 Å². The van der Waals surface area contributed by atoms with Gasteiger partial charge in [0.25, 0.3) is 0 Å². The third-order valence-electron chi connectivity index (χ3n) is 16.9.